The van der Waals surface area contributed by atoms with E-state index < -0.39 is 11.0 Å². The Morgan fingerprint density at radius 2 is 1.65 bits per heavy atom. The molecule has 1 saturated carbocycles. The van der Waals surface area contributed by atoms with Crippen molar-refractivity contribution in [1.29, 1.82) is 0 Å². The Morgan fingerprint density at radius 3 is 2.41 bits per heavy atom. The van der Waals surface area contributed by atoms with E-state index in [1.54, 1.807) is 0 Å². The molecule has 0 aromatic heterocycles. The van der Waals surface area contributed by atoms with Gasteiger partial charge in [0.05, 0.1) is 31.8 Å². The van der Waals surface area contributed by atoms with Crippen LogP contribution in [0.1, 0.15) is 42.1 Å². The maximum atomic E-state index is 15.0. The molecule has 1 unspecified atom stereocenters. The number of allylic oxidation sites excluding steroid dienone is 1. The molecule has 4 atom stereocenters. The third-order valence-electron chi connectivity index (χ3n) is 9.52. The van der Waals surface area contributed by atoms with E-state index in [1.165, 1.54) is 0 Å². The first-order valence-corrected chi connectivity index (χ1v) is 13.8. The summed E-state index contributed by atoms with van der Waals surface area (Å²) in [5, 5.41) is 5.90. The molecule has 2 spiro atoms. The summed E-state index contributed by atoms with van der Waals surface area (Å²) in [7, 11) is 0. The molecule has 3 heterocycles. The molecule has 1 N–H and O–H groups in total. The second-order valence-corrected chi connectivity index (χ2v) is 11.3. The summed E-state index contributed by atoms with van der Waals surface area (Å²) in [4.78, 5) is 34.4. The third kappa shape index (κ3) is 3.15. The lowest BCUT2D eigenvalue weighted by Gasteiger charge is -2.50. The van der Waals surface area contributed by atoms with E-state index in [0.29, 0.717) is 32.8 Å². The van der Waals surface area contributed by atoms with Crippen LogP contribution >= 0.6 is 0 Å². The molecule has 7 nitrogen and oxygen atoms in total. The van der Waals surface area contributed by atoms with Crippen molar-refractivity contribution in [3.05, 3.63) is 59.3 Å². The summed E-state index contributed by atoms with van der Waals surface area (Å²) in [5.74, 6) is 0.208. The minimum atomic E-state index is -1.07. The zero-order chi connectivity index (χ0) is 25.2. The fraction of sp³-hybridized carbons (Fsp3) is 0.533. The van der Waals surface area contributed by atoms with Gasteiger partial charge in [-0.25, -0.2) is 0 Å². The maximum Gasteiger partial charge on any atom is 0.189 e. The van der Waals surface area contributed by atoms with E-state index in [9.17, 15) is 4.79 Å². The summed E-state index contributed by atoms with van der Waals surface area (Å²) in [6.07, 6.45) is 4.43. The van der Waals surface area contributed by atoms with Crippen molar-refractivity contribution in [1.82, 2.24) is 15.1 Å². The summed E-state index contributed by atoms with van der Waals surface area (Å²) in [6.45, 7) is 7.96. The van der Waals surface area contributed by atoms with Crippen molar-refractivity contribution in [3.63, 3.8) is 0 Å². The Hall–Kier alpha value is -2.58. The number of ether oxygens (including phenoxy) is 2. The molecule has 3 saturated heterocycles. The first-order chi connectivity index (χ1) is 18.1. The van der Waals surface area contributed by atoms with Crippen LogP contribution in [0, 0.1) is 5.41 Å². The smallest absolute Gasteiger partial charge is 0.189 e. The quantitative estimate of drug-likeness (QED) is 0.635. The molecule has 0 radical (unpaired) electrons. The van der Waals surface area contributed by atoms with Crippen LogP contribution in [0.4, 0.5) is 0 Å². The number of fused-ring (bicyclic) bond motifs is 2. The standard InChI is InChI=1S/C30H35N3O4/c1-20-26(33-13-17-37-18-14-33)29(10-4-7-22(27(29)34)19-32-11-15-36-16-12-32)30(31-20)24-9-3-6-21-5-2-8-23(25(21)24)28(30)35/h2-3,5-6,8-9,19-20,26,31H,4,7,10-18H2,1H3/b22-19+/t20?,26-,29-,30-/m0/s1. The highest BCUT2D eigenvalue weighted by Crippen LogP contribution is 2.62. The van der Waals surface area contributed by atoms with E-state index in [1.807, 2.05) is 18.2 Å². The van der Waals surface area contributed by atoms with Gasteiger partial charge in [-0.1, -0.05) is 36.4 Å². The summed E-state index contributed by atoms with van der Waals surface area (Å²) >= 11 is 0. The molecule has 37 heavy (non-hydrogen) atoms. The van der Waals surface area contributed by atoms with Crippen molar-refractivity contribution in [2.24, 2.45) is 5.41 Å². The number of carbonyl (C=O) groups is 2. The molecule has 0 amide bonds. The molecular formula is C30H35N3O4. The number of morpholine rings is 2. The van der Waals surface area contributed by atoms with Crippen LogP contribution in [-0.2, 0) is 19.8 Å². The Kier molecular flexibility index (Phi) is 5.55. The van der Waals surface area contributed by atoms with Gasteiger partial charge in [0.2, 0.25) is 0 Å². The van der Waals surface area contributed by atoms with E-state index >= 15 is 4.79 Å². The SMILES string of the molecule is CC1N[C@@]2(C(=O)c3cccc4cccc2c34)[C@@]2(CCC/C(=C\N3CCOCC3)C2=O)[C@H]1N1CCOCC1. The van der Waals surface area contributed by atoms with Gasteiger partial charge in [0.25, 0.3) is 0 Å². The number of Topliss-reactive ketones (excluding diaryl/α,β-unsaturated/α-hetero) is 2. The van der Waals surface area contributed by atoms with E-state index in [4.69, 9.17) is 9.47 Å². The number of hydrogen-bond acceptors (Lipinski definition) is 7. The lowest BCUT2D eigenvalue weighted by molar-refractivity contribution is -0.135. The van der Waals surface area contributed by atoms with Crippen molar-refractivity contribution in [3.8, 4) is 0 Å². The predicted molar refractivity (Wildman–Crippen MR) is 141 cm³/mol. The molecule has 2 aromatic carbocycles. The fourth-order valence-corrected chi connectivity index (χ4v) is 8.20. The fourth-order valence-electron chi connectivity index (χ4n) is 8.20. The van der Waals surface area contributed by atoms with Crippen LogP contribution in [0.5, 0.6) is 0 Å². The van der Waals surface area contributed by atoms with Crippen molar-refractivity contribution >= 4 is 22.3 Å². The number of benzene rings is 2. The molecule has 7 rings (SSSR count). The summed E-state index contributed by atoms with van der Waals surface area (Å²) in [6, 6.07) is 12.1. The number of nitrogens with one attached hydrogen (secondary N) is 1. The number of nitrogens with zero attached hydrogens (tertiary/aromatic N) is 2. The Labute approximate surface area is 217 Å². The Balaban J connectivity index is 1.44. The zero-order valence-electron chi connectivity index (χ0n) is 21.5. The molecule has 7 heteroatoms. The van der Waals surface area contributed by atoms with E-state index in [2.05, 4.69) is 46.4 Å². The average Bonchev–Trinajstić information content (AvgIpc) is 3.33. The molecular weight excluding hydrogens is 466 g/mol. The van der Waals surface area contributed by atoms with Gasteiger partial charge in [-0.15, -0.1) is 0 Å². The van der Waals surface area contributed by atoms with E-state index in [-0.39, 0.29) is 23.7 Å². The molecule has 194 valence electrons. The van der Waals surface area contributed by atoms with Crippen LogP contribution < -0.4 is 5.32 Å². The highest BCUT2D eigenvalue weighted by molar-refractivity contribution is 6.23. The molecule has 2 aliphatic carbocycles. The predicted octanol–water partition coefficient (Wildman–Crippen LogP) is 2.88. The number of ketones is 2. The van der Waals surface area contributed by atoms with Crippen molar-refractivity contribution in [2.75, 3.05) is 52.6 Å². The van der Waals surface area contributed by atoms with Crippen molar-refractivity contribution < 1.29 is 19.1 Å². The highest BCUT2D eigenvalue weighted by Gasteiger charge is 2.73. The Morgan fingerprint density at radius 1 is 0.946 bits per heavy atom. The number of rotatable bonds is 2. The van der Waals surface area contributed by atoms with Gasteiger partial charge >= 0.3 is 0 Å². The van der Waals surface area contributed by atoms with Gasteiger partial charge in [0.15, 0.2) is 11.6 Å². The lowest BCUT2D eigenvalue weighted by atomic mass is 9.55. The molecule has 4 fully saturated rings. The first kappa shape index (κ1) is 23.5. The van der Waals surface area contributed by atoms with Gasteiger partial charge in [-0.05, 0) is 42.5 Å². The average molecular weight is 502 g/mol. The topological polar surface area (TPSA) is 71.1 Å². The molecule has 5 aliphatic rings. The molecule has 2 aromatic rings. The van der Waals surface area contributed by atoms with Gasteiger partial charge < -0.3 is 14.4 Å². The van der Waals surface area contributed by atoms with Gasteiger partial charge in [-0.2, -0.15) is 0 Å². The lowest BCUT2D eigenvalue weighted by Crippen LogP contribution is -2.64. The summed E-state index contributed by atoms with van der Waals surface area (Å²) < 4.78 is 11.3. The van der Waals surface area contributed by atoms with Crippen LogP contribution in [0.15, 0.2) is 48.2 Å². The highest BCUT2D eigenvalue weighted by atomic mass is 16.5. The van der Waals surface area contributed by atoms with Crippen LogP contribution in [0.2, 0.25) is 0 Å². The van der Waals surface area contributed by atoms with Crippen LogP contribution in [-0.4, -0.2) is 86.1 Å². The van der Waals surface area contributed by atoms with Gasteiger partial charge in [0, 0.05) is 55.6 Å². The second-order valence-electron chi connectivity index (χ2n) is 11.3. The monoisotopic (exact) mass is 501 g/mol. The second kappa shape index (κ2) is 8.73. The normalized spacial score (nSPS) is 35.5. The van der Waals surface area contributed by atoms with Crippen LogP contribution in [0.25, 0.3) is 10.8 Å². The molecule has 0 bridgehead atoms. The Bertz CT molecular complexity index is 1290. The third-order valence-corrected chi connectivity index (χ3v) is 9.52. The van der Waals surface area contributed by atoms with Crippen LogP contribution in [0.3, 0.4) is 0 Å². The zero-order valence-corrected chi connectivity index (χ0v) is 21.5. The van der Waals surface area contributed by atoms with E-state index in [0.717, 1.165) is 66.5 Å². The minimum Gasteiger partial charge on any atom is -0.379 e. The largest absolute Gasteiger partial charge is 0.379 e. The number of hydrogen-bond donors (Lipinski definition) is 1. The molecule has 3 aliphatic heterocycles. The first-order valence-electron chi connectivity index (χ1n) is 13.8. The van der Waals surface area contributed by atoms with Crippen molar-refractivity contribution in [2.45, 2.75) is 43.8 Å². The number of carbonyl (C=O) groups excluding carboxylic acids is 2. The van der Waals surface area contributed by atoms with Gasteiger partial charge in [0.1, 0.15) is 5.54 Å². The maximum absolute atomic E-state index is 15.0. The summed E-state index contributed by atoms with van der Waals surface area (Å²) in [5.41, 5.74) is 0.628. The minimum absolute atomic E-state index is 0.0293. The van der Waals surface area contributed by atoms with Gasteiger partial charge in [-0.3, -0.25) is 19.8 Å².